The van der Waals surface area contributed by atoms with Gasteiger partial charge >= 0.3 is 0 Å². The van der Waals surface area contributed by atoms with E-state index >= 15 is 0 Å². The van der Waals surface area contributed by atoms with Crippen LogP contribution in [0.25, 0.3) is 0 Å². The van der Waals surface area contributed by atoms with Crippen molar-refractivity contribution in [2.75, 3.05) is 26.2 Å². The molecule has 0 radical (unpaired) electrons. The third-order valence-corrected chi connectivity index (χ3v) is 3.09. The molecule has 0 spiro atoms. The van der Waals surface area contributed by atoms with E-state index < -0.39 is 6.17 Å². The number of alkyl halides is 1. The van der Waals surface area contributed by atoms with E-state index in [0.717, 1.165) is 25.9 Å². The Labute approximate surface area is 83.6 Å². The second-order valence-electron chi connectivity index (χ2n) is 4.21. The van der Waals surface area contributed by atoms with Gasteiger partial charge in [0, 0.05) is 13.1 Å². The van der Waals surface area contributed by atoms with Crippen LogP contribution in [0.15, 0.2) is 0 Å². The summed E-state index contributed by atoms with van der Waals surface area (Å²) in [6.45, 7) is 2.70. The van der Waals surface area contributed by atoms with Crippen molar-refractivity contribution in [2.24, 2.45) is 5.92 Å². The van der Waals surface area contributed by atoms with E-state index in [4.69, 9.17) is 0 Å². The molecule has 2 fully saturated rings. The summed E-state index contributed by atoms with van der Waals surface area (Å²) in [4.78, 5) is 13.5. The highest BCUT2D eigenvalue weighted by atomic mass is 19.1. The first-order valence-corrected chi connectivity index (χ1v) is 5.41. The first-order valence-electron chi connectivity index (χ1n) is 5.41. The van der Waals surface area contributed by atoms with Crippen LogP contribution in [0.1, 0.15) is 19.3 Å². The van der Waals surface area contributed by atoms with Gasteiger partial charge in [-0.15, -0.1) is 0 Å². The molecular formula is C10H17FN2O. The van der Waals surface area contributed by atoms with Gasteiger partial charge < -0.3 is 10.2 Å². The van der Waals surface area contributed by atoms with Crippen LogP contribution < -0.4 is 5.32 Å². The lowest BCUT2D eigenvalue weighted by Gasteiger charge is -2.26. The van der Waals surface area contributed by atoms with Gasteiger partial charge in [0.1, 0.15) is 6.17 Å². The topological polar surface area (TPSA) is 32.3 Å². The first kappa shape index (κ1) is 9.90. The van der Waals surface area contributed by atoms with Crippen LogP contribution in [0, 0.1) is 5.92 Å². The van der Waals surface area contributed by atoms with Gasteiger partial charge in [-0.1, -0.05) is 0 Å². The van der Waals surface area contributed by atoms with Gasteiger partial charge in [0.25, 0.3) is 0 Å². The van der Waals surface area contributed by atoms with Crippen LogP contribution in [-0.4, -0.2) is 43.2 Å². The summed E-state index contributed by atoms with van der Waals surface area (Å²) in [5.74, 6) is 0.242. The van der Waals surface area contributed by atoms with E-state index in [2.05, 4.69) is 5.32 Å². The molecule has 2 saturated heterocycles. The number of likely N-dealkylation sites (tertiary alicyclic amines) is 1. The number of nitrogens with one attached hydrogen (secondary N) is 1. The van der Waals surface area contributed by atoms with Crippen LogP contribution in [0.4, 0.5) is 4.39 Å². The number of nitrogens with zero attached hydrogens (tertiary/aromatic N) is 1. The average molecular weight is 200 g/mol. The predicted molar refractivity (Wildman–Crippen MR) is 51.7 cm³/mol. The smallest absolute Gasteiger partial charge is 0.227 e. The maximum absolute atomic E-state index is 12.9. The zero-order chi connectivity index (χ0) is 9.97. The number of halogens is 1. The fourth-order valence-electron chi connectivity index (χ4n) is 2.24. The highest BCUT2D eigenvalue weighted by molar-refractivity contribution is 5.79. The second-order valence-corrected chi connectivity index (χ2v) is 4.21. The van der Waals surface area contributed by atoms with Crippen LogP contribution in [0.3, 0.4) is 0 Å². The minimum atomic E-state index is -0.796. The summed E-state index contributed by atoms with van der Waals surface area (Å²) < 4.78 is 12.9. The quantitative estimate of drug-likeness (QED) is 0.670. The Balaban J connectivity index is 1.87. The molecule has 2 heterocycles. The molecule has 2 aliphatic heterocycles. The number of carbonyl (C=O) groups is 1. The highest BCUT2D eigenvalue weighted by Crippen LogP contribution is 2.18. The van der Waals surface area contributed by atoms with Gasteiger partial charge in [-0.05, 0) is 25.8 Å². The largest absolute Gasteiger partial charge is 0.339 e. The van der Waals surface area contributed by atoms with Crippen molar-refractivity contribution < 1.29 is 9.18 Å². The molecule has 3 nitrogen and oxygen atoms in total. The van der Waals surface area contributed by atoms with Crippen LogP contribution >= 0.6 is 0 Å². The molecule has 0 saturated carbocycles. The van der Waals surface area contributed by atoms with Crippen LogP contribution in [0.2, 0.25) is 0 Å². The first-order chi connectivity index (χ1) is 6.77. The Bertz CT molecular complexity index is 209. The third kappa shape index (κ3) is 2.05. The maximum Gasteiger partial charge on any atom is 0.227 e. The number of rotatable bonds is 1. The highest BCUT2D eigenvalue weighted by Gasteiger charge is 2.31. The van der Waals surface area contributed by atoms with Gasteiger partial charge in [0.15, 0.2) is 0 Å². The number of piperidine rings is 1. The van der Waals surface area contributed by atoms with E-state index in [1.807, 2.05) is 0 Å². The van der Waals surface area contributed by atoms with E-state index in [1.165, 1.54) is 0 Å². The van der Waals surface area contributed by atoms with E-state index in [9.17, 15) is 9.18 Å². The molecular weight excluding hydrogens is 183 g/mol. The summed E-state index contributed by atoms with van der Waals surface area (Å²) in [7, 11) is 0. The van der Waals surface area contributed by atoms with Crippen molar-refractivity contribution in [3.63, 3.8) is 0 Å². The molecule has 0 aromatic heterocycles. The normalized spacial score (nSPS) is 33.4. The minimum absolute atomic E-state index is 0.0917. The standard InChI is InChI=1S/C10H17FN2O/c11-9-3-5-13(7-9)10(14)8-2-1-4-12-6-8/h8-9,12H,1-7H2. The Morgan fingerprint density at radius 2 is 2.29 bits per heavy atom. The molecule has 2 atom stereocenters. The van der Waals surface area contributed by atoms with Crippen LogP contribution in [-0.2, 0) is 4.79 Å². The monoisotopic (exact) mass is 200 g/mol. The van der Waals surface area contributed by atoms with E-state index in [0.29, 0.717) is 19.5 Å². The minimum Gasteiger partial charge on any atom is -0.339 e. The molecule has 1 N–H and O–H groups in total. The molecule has 0 bridgehead atoms. The molecule has 2 rings (SSSR count). The fourth-order valence-corrected chi connectivity index (χ4v) is 2.24. The summed E-state index contributed by atoms with van der Waals surface area (Å²) >= 11 is 0. The van der Waals surface area contributed by atoms with Gasteiger partial charge in [-0.3, -0.25) is 4.79 Å². The molecule has 4 heteroatoms. The number of hydrogen-bond acceptors (Lipinski definition) is 2. The van der Waals surface area contributed by atoms with Gasteiger partial charge in [0.2, 0.25) is 5.91 Å². The lowest BCUT2D eigenvalue weighted by Crippen LogP contribution is -2.42. The van der Waals surface area contributed by atoms with Crippen molar-refractivity contribution in [3.8, 4) is 0 Å². The van der Waals surface area contributed by atoms with E-state index in [1.54, 1.807) is 4.90 Å². The Kier molecular flexibility index (Phi) is 3.01. The summed E-state index contributed by atoms with van der Waals surface area (Å²) in [6.07, 6.45) is 1.74. The Morgan fingerprint density at radius 3 is 2.86 bits per heavy atom. The number of amides is 1. The zero-order valence-corrected chi connectivity index (χ0v) is 8.34. The summed E-state index contributed by atoms with van der Waals surface area (Å²) in [5.41, 5.74) is 0. The number of hydrogen-bond donors (Lipinski definition) is 1. The molecule has 0 aliphatic carbocycles. The van der Waals surface area contributed by atoms with E-state index in [-0.39, 0.29) is 11.8 Å². The maximum atomic E-state index is 12.9. The third-order valence-electron chi connectivity index (χ3n) is 3.09. The molecule has 2 aliphatic rings. The Hall–Kier alpha value is -0.640. The molecule has 0 aromatic rings. The summed E-state index contributed by atoms with van der Waals surface area (Å²) in [5, 5.41) is 3.21. The molecule has 2 unspecified atom stereocenters. The van der Waals surface area contributed by atoms with Gasteiger partial charge in [-0.25, -0.2) is 4.39 Å². The van der Waals surface area contributed by atoms with Crippen molar-refractivity contribution in [2.45, 2.75) is 25.4 Å². The lowest BCUT2D eigenvalue weighted by molar-refractivity contribution is -0.135. The Morgan fingerprint density at radius 1 is 1.43 bits per heavy atom. The molecule has 80 valence electrons. The lowest BCUT2D eigenvalue weighted by atomic mass is 9.98. The van der Waals surface area contributed by atoms with Crippen LogP contribution in [0.5, 0.6) is 0 Å². The fraction of sp³-hybridized carbons (Fsp3) is 0.900. The molecule has 0 aromatic carbocycles. The van der Waals surface area contributed by atoms with Crippen molar-refractivity contribution in [3.05, 3.63) is 0 Å². The van der Waals surface area contributed by atoms with Crippen molar-refractivity contribution in [1.29, 1.82) is 0 Å². The molecule has 14 heavy (non-hydrogen) atoms. The predicted octanol–water partition coefficient (Wildman–Crippen LogP) is 0.556. The molecule has 1 amide bonds. The van der Waals surface area contributed by atoms with Gasteiger partial charge in [-0.2, -0.15) is 0 Å². The van der Waals surface area contributed by atoms with Gasteiger partial charge in [0.05, 0.1) is 12.5 Å². The SMILES string of the molecule is O=C(C1CCCNC1)N1CCC(F)C1. The number of carbonyl (C=O) groups excluding carboxylic acids is 1. The zero-order valence-electron chi connectivity index (χ0n) is 8.34. The van der Waals surface area contributed by atoms with Crippen molar-refractivity contribution in [1.82, 2.24) is 10.2 Å². The average Bonchev–Trinajstić information content (AvgIpc) is 2.65. The van der Waals surface area contributed by atoms with Crippen molar-refractivity contribution >= 4 is 5.91 Å². The summed E-state index contributed by atoms with van der Waals surface area (Å²) in [6, 6.07) is 0. The second kappa shape index (κ2) is 4.26.